The molecule has 1 aliphatic heterocycles. The molecular formula is C27H29FN4O3S. The molecule has 0 saturated carbocycles. The Bertz CT molecular complexity index is 1250. The number of carbonyl (C=O) groups is 2. The lowest BCUT2D eigenvalue weighted by Gasteiger charge is -2.30. The van der Waals surface area contributed by atoms with Crippen molar-refractivity contribution in [1.29, 1.82) is 5.26 Å². The largest absolute Gasteiger partial charge is 0.495 e. The number of allylic oxidation sites excluding steroid dienone is 2. The molecule has 188 valence electrons. The van der Waals surface area contributed by atoms with Gasteiger partial charge in [-0.05, 0) is 39.0 Å². The first-order valence-corrected chi connectivity index (χ1v) is 12.6. The quantitative estimate of drug-likeness (QED) is 0.507. The van der Waals surface area contributed by atoms with Gasteiger partial charge in [-0.1, -0.05) is 42.1 Å². The van der Waals surface area contributed by atoms with Crippen molar-refractivity contribution >= 4 is 29.3 Å². The van der Waals surface area contributed by atoms with Crippen LogP contribution in [0.3, 0.4) is 0 Å². The van der Waals surface area contributed by atoms with Crippen molar-refractivity contribution in [1.82, 2.24) is 10.2 Å². The number of hydrogen-bond acceptors (Lipinski definition) is 6. The van der Waals surface area contributed by atoms with E-state index in [9.17, 15) is 14.9 Å². The fourth-order valence-corrected chi connectivity index (χ4v) is 5.08. The number of nitrogens with one attached hydrogen (secondary N) is 2. The molecule has 1 atom stereocenters. The molecule has 9 heteroatoms. The second kappa shape index (κ2) is 12.3. The topological polar surface area (TPSA) is 94.5 Å². The average molecular weight is 509 g/mol. The summed E-state index contributed by atoms with van der Waals surface area (Å²) in [7, 11) is 1.50. The number of hydrogen-bond donors (Lipinski definition) is 2. The minimum Gasteiger partial charge on any atom is -0.495 e. The first-order chi connectivity index (χ1) is 17.4. The highest BCUT2D eigenvalue weighted by Crippen LogP contribution is 2.42. The molecule has 0 aliphatic carbocycles. The van der Waals surface area contributed by atoms with Gasteiger partial charge in [0.15, 0.2) is 0 Å². The maximum Gasteiger partial charge on any atom is 0.254 e. The van der Waals surface area contributed by atoms with Crippen LogP contribution < -0.4 is 15.4 Å². The number of halogens is 1. The Balaban J connectivity index is 2.04. The van der Waals surface area contributed by atoms with Crippen LogP contribution in [0.25, 0.3) is 0 Å². The second-order valence-corrected chi connectivity index (χ2v) is 8.97. The van der Waals surface area contributed by atoms with Crippen LogP contribution in [-0.4, -0.2) is 42.7 Å². The van der Waals surface area contributed by atoms with Gasteiger partial charge in [-0.25, -0.2) is 4.39 Å². The van der Waals surface area contributed by atoms with Crippen molar-refractivity contribution < 1.29 is 18.7 Å². The van der Waals surface area contributed by atoms with Crippen LogP contribution in [-0.2, 0) is 9.59 Å². The van der Waals surface area contributed by atoms with E-state index < -0.39 is 17.6 Å². The molecule has 0 saturated heterocycles. The predicted octanol–water partition coefficient (Wildman–Crippen LogP) is 4.77. The summed E-state index contributed by atoms with van der Waals surface area (Å²) in [6, 6.07) is 15.2. The molecule has 0 aromatic heterocycles. The number of methoxy groups -OCH3 is 1. The van der Waals surface area contributed by atoms with E-state index in [1.165, 1.54) is 24.9 Å². The molecule has 1 aliphatic rings. The number of rotatable bonds is 9. The molecule has 2 aromatic carbocycles. The summed E-state index contributed by atoms with van der Waals surface area (Å²) in [5.74, 6) is -1.48. The Morgan fingerprint density at radius 3 is 2.47 bits per heavy atom. The number of para-hydroxylation sites is 2. The molecular weight excluding hydrogens is 479 g/mol. The van der Waals surface area contributed by atoms with E-state index in [4.69, 9.17) is 4.74 Å². The Morgan fingerprint density at radius 1 is 1.17 bits per heavy atom. The lowest BCUT2D eigenvalue weighted by molar-refractivity contribution is -0.128. The fourth-order valence-electron chi connectivity index (χ4n) is 4.09. The van der Waals surface area contributed by atoms with Gasteiger partial charge in [-0.3, -0.25) is 9.59 Å². The number of ether oxygens (including phenoxy) is 1. The van der Waals surface area contributed by atoms with E-state index in [-0.39, 0.29) is 28.4 Å². The number of thioether (sulfide) groups is 1. The number of carbonyl (C=O) groups excluding carboxylic acids is 2. The van der Waals surface area contributed by atoms with Gasteiger partial charge in [-0.15, -0.1) is 0 Å². The Morgan fingerprint density at radius 2 is 1.83 bits per heavy atom. The number of dihydropyridines is 1. The highest BCUT2D eigenvalue weighted by Gasteiger charge is 2.36. The zero-order valence-electron chi connectivity index (χ0n) is 20.7. The number of anilines is 1. The first kappa shape index (κ1) is 26.8. The smallest absolute Gasteiger partial charge is 0.254 e. The Labute approximate surface area is 215 Å². The van der Waals surface area contributed by atoms with Crippen molar-refractivity contribution in [2.24, 2.45) is 0 Å². The van der Waals surface area contributed by atoms with Gasteiger partial charge in [0, 0.05) is 29.9 Å². The Hall–Kier alpha value is -3.77. The minimum atomic E-state index is -0.960. The summed E-state index contributed by atoms with van der Waals surface area (Å²) in [5, 5.41) is 16.5. The third-order valence-electron chi connectivity index (χ3n) is 5.92. The third-order valence-corrected chi connectivity index (χ3v) is 6.92. The van der Waals surface area contributed by atoms with Gasteiger partial charge in [0.1, 0.15) is 11.6 Å². The fraction of sp³-hybridized carbons (Fsp3) is 0.296. The highest BCUT2D eigenvalue weighted by atomic mass is 32.2. The number of benzene rings is 2. The van der Waals surface area contributed by atoms with Crippen LogP contribution in [0, 0.1) is 17.1 Å². The monoisotopic (exact) mass is 508 g/mol. The lowest BCUT2D eigenvalue weighted by atomic mass is 9.82. The molecule has 1 heterocycles. The van der Waals surface area contributed by atoms with Crippen LogP contribution in [0.1, 0.15) is 32.3 Å². The molecule has 36 heavy (non-hydrogen) atoms. The van der Waals surface area contributed by atoms with Gasteiger partial charge in [0.05, 0.1) is 41.1 Å². The molecule has 1 unspecified atom stereocenters. The summed E-state index contributed by atoms with van der Waals surface area (Å²) < 4.78 is 20.4. The minimum absolute atomic E-state index is 0.0691. The van der Waals surface area contributed by atoms with E-state index in [2.05, 4.69) is 16.7 Å². The van der Waals surface area contributed by atoms with Crippen molar-refractivity contribution in [3.63, 3.8) is 0 Å². The standard InChI is InChI=1S/C27H29FN4O3S/c1-5-32(6-2)23(33)16-36-27-19(15-29)25(18-11-7-8-12-20(18)28)24(17(3)30-27)26(34)31-21-13-9-10-14-22(21)35-4/h7-14,25,30H,5-6,16H2,1-4H3,(H,31,34). The molecule has 3 rings (SSSR count). The second-order valence-electron chi connectivity index (χ2n) is 7.98. The third kappa shape index (κ3) is 5.71. The molecule has 2 N–H and O–H groups in total. The van der Waals surface area contributed by atoms with E-state index in [0.29, 0.717) is 35.3 Å². The SMILES string of the molecule is CCN(CC)C(=O)CSC1=C(C#N)C(c2ccccc2F)C(C(=O)Nc2ccccc2OC)=C(C)N1. The van der Waals surface area contributed by atoms with Crippen molar-refractivity contribution in [3.8, 4) is 11.8 Å². The molecule has 0 radical (unpaired) electrons. The van der Waals surface area contributed by atoms with Crippen LogP contribution >= 0.6 is 11.8 Å². The predicted molar refractivity (Wildman–Crippen MR) is 140 cm³/mol. The molecule has 2 amide bonds. The van der Waals surface area contributed by atoms with Gasteiger partial charge in [-0.2, -0.15) is 5.26 Å². The summed E-state index contributed by atoms with van der Waals surface area (Å²) >= 11 is 1.18. The molecule has 0 spiro atoms. The summed E-state index contributed by atoms with van der Waals surface area (Å²) in [6.07, 6.45) is 0. The van der Waals surface area contributed by atoms with Crippen molar-refractivity contribution in [2.75, 3.05) is 31.3 Å². The van der Waals surface area contributed by atoms with Gasteiger partial charge < -0.3 is 20.3 Å². The molecule has 0 bridgehead atoms. The molecule has 7 nitrogen and oxygen atoms in total. The van der Waals surface area contributed by atoms with E-state index in [1.807, 2.05) is 13.8 Å². The number of nitrogens with zero attached hydrogens (tertiary/aromatic N) is 2. The van der Waals surface area contributed by atoms with Crippen LogP contribution in [0.15, 0.2) is 70.4 Å². The van der Waals surface area contributed by atoms with E-state index in [1.54, 1.807) is 54.3 Å². The average Bonchev–Trinajstić information content (AvgIpc) is 2.88. The summed E-state index contributed by atoms with van der Waals surface area (Å²) in [4.78, 5) is 27.8. The first-order valence-electron chi connectivity index (χ1n) is 11.6. The maximum atomic E-state index is 15.0. The van der Waals surface area contributed by atoms with Crippen LogP contribution in [0.5, 0.6) is 5.75 Å². The number of amides is 2. The Kier molecular flexibility index (Phi) is 9.14. The summed E-state index contributed by atoms with van der Waals surface area (Å²) in [6.45, 7) is 6.66. The van der Waals surface area contributed by atoms with E-state index in [0.717, 1.165) is 0 Å². The molecule has 0 fully saturated rings. The summed E-state index contributed by atoms with van der Waals surface area (Å²) in [5.41, 5.74) is 1.50. The van der Waals surface area contributed by atoms with Gasteiger partial charge in [0.25, 0.3) is 5.91 Å². The lowest BCUT2D eigenvalue weighted by Crippen LogP contribution is -2.33. The zero-order chi connectivity index (χ0) is 26.2. The normalized spacial score (nSPS) is 15.2. The maximum absolute atomic E-state index is 15.0. The molecule has 2 aromatic rings. The van der Waals surface area contributed by atoms with Crippen LogP contribution in [0.4, 0.5) is 10.1 Å². The van der Waals surface area contributed by atoms with Gasteiger partial charge in [0.2, 0.25) is 5.91 Å². The van der Waals surface area contributed by atoms with Crippen LogP contribution in [0.2, 0.25) is 0 Å². The highest BCUT2D eigenvalue weighted by molar-refractivity contribution is 8.03. The van der Waals surface area contributed by atoms with Crippen molar-refractivity contribution in [3.05, 3.63) is 81.8 Å². The number of nitriles is 1. The van der Waals surface area contributed by atoms with Crippen molar-refractivity contribution in [2.45, 2.75) is 26.7 Å². The van der Waals surface area contributed by atoms with E-state index >= 15 is 4.39 Å². The van der Waals surface area contributed by atoms with Gasteiger partial charge >= 0.3 is 0 Å². The zero-order valence-corrected chi connectivity index (χ0v) is 21.5.